The van der Waals surface area contributed by atoms with Crippen molar-refractivity contribution in [3.63, 3.8) is 0 Å². The molecule has 3 heterocycles. The summed E-state index contributed by atoms with van der Waals surface area (Å²) >= 11 is 0. The van der Waals surface area contributed by atoms with E-state index in [2.05, 4.69) is 20.5 Å². The molecular weight excluding hydrogens is 366 g/mol. The van der Waals surface area contributed by atoms with Gasteiger partial charge in [-0.2, -0.15) is 0 Å². The maximum Gasteiger partial charge on any atom is 0.315 e. The van der Waals surface area contributed by atoms with Crippen molar-refractivity contribution < 1.29 is 9.59 Å². The molecule has 7 nitrogen and oxygen atoms in total. The number of urea groups is 1. The Morgan fingerprint density at radius 2 is 1.59 bits per heavy atom. The topological polar surface area (TPSA) is 77.6 Å². The fourth-order valence-electron chi connectivity index (χ4n) is 3.80. The monoisotopic (exact) mass is 393 g/mol. The Balaban J connectivity index is 1.21. The van der Waals surface area contributed by atoms with Gasteiger partial charge < -0.3 is 20.4 Å². The lowest BCUT2D eigenvalue weighted by atomic mass is 10.2. The summed E-state index contributed by atoms with van der Waals surface area (Å²) in [6.07, 6.45) is 5.82. The number of benzene rings is 1. The second-order valence-electron chi connectivity index (χ2n) is 7.57. The van der Waals surface area contributed by atoms with Crippen molar-refractivity contribution in [3.8, 4) is 0 Å². The first-order chi connectivity index (χ1) is 14.2. The average Bonchev–Trinajstić information content (AvgIpc) is 3.43. The Kier molecular flexibility index (Phi) is 5.93. The standard InChI is InChI=1S/C22H27N5O2/c28-21-4-3-13-27(21)19-8-5-17(6-9-19)14-24-22(29)25-16-18-7-10-20(23-15-18)26-11-1-2-12-26/h5-10,15H,1-4,11-14,16H2,(H2,24,25,29). The van der Waals surface area contributed by atoms with E-state index in [1.807, 2.05) is 47.5 Å². The van der Waals surface area contributed by atoms with Crippen LogP contribution in [0.15, 0.2) is 42.6 Å². The van der Waals surface area contributed by atoms with Gasteiger partial charge in [0.2, 0.25) is 5.91 Å². The van der Waals surface area contributed by atoms with Crippen molar-refractivity contribution in [1.82, 2.24) is 15.6 Å². The quantitative estimate of drug-likeness (QED) is 0.791. The van der Waals surface area contributed by atoms with E-state index < -0.39 is 0 Å². The molecule has 152 valence electrons. The first-order valence-electron chi connectivity index (χ1n) is 10.3. The molecule has 0 bridgehead atoms. The van der Waals surface area contributed by atoms with Gasteiger partial charge in [0.25, 0.3) is 0 Å². The molecule has 0 aliphatic carbocycles. The maximum atomic E-state index is 12.1. The fraction of sp³-hybridized carbons (Fsp3) is 0.409. The van der Waals surface area contributed by atoms with Crippen LogP contribution in [0.3, 0.4) is 0 Å². The van der Waals surface area contributed by atoms with Crippen LogP contribution in [0.1, 0.15) is 36.8 Å². The van der Waals surface area contributed by atoms with Gasteiger partial charge in [-0.1, -0.05) is 18.2 Å². The minimum absolute atomic E-state index is 0.179. The van der Waals surface area contributed by atoms with Crippen LogP contribution in [-0.4, -0.2) is 36.6 Å². The number of carbonyl (C=O) groups excluding carboxylic acids is 2. The normalized spacial score (nSPS) is 16.3. The third-order valence-electron chi connectivity index (χ3n) is 5.47. The van der Waals surface area contributed by atoms with E-state index >= 15 is 0 Å². The lowest BCUT2D eigenvalue weighted by Gasteiger charge is -2.16. The summed E-state index contributed by atoms with van der Waals surface area (Å²) in [5.41, 5.74) is 2.89. The third-order valence-corrected chi connectivity index (χ3v) is 5.47. The van der Waals surface area contributed by atoms with E-state index in [0.717, 1.165) is 48.7 Å². The Hall–Kier alpha value is -3.09. The number of hydrogen-bond acceptors (Lipinski definition) is 4. The highest BCUT2D eigenvalue weighted by Gasteiger charge is 2.21. The van der Waals surface area contributed by atoms with Crippen molar-refractivity contribution in [2.24, 2.45) is 0 Å². The van der Waals surface area contributed by atoms with Gasteiger partial charge in [0.15, 0.2) is 0 Å². The highest BCUT2D eigenvalue weighted by molar-refractivity contribution is 5.95. The summed E-state index contributed by atoms with van der Waals surface area (Å²) < 4.78 is 0. The summed E-state index contributed by atoms with van der Waals surface area (Å²) in [7, 11) is 0. The van der Waals surface area contributed by atoms with Crippen LogP contribution in [0.4, 0.5) is 16.3 Å². The lowest BCUT2D eigenvalue weighted by molar-refractivity contribution is -0.117. The first-order valence-corrected chi connectivity index (χ1v) is 10.3. The van der Waals surface area contributed by atoms with Crippen molar-refractivity contribution in [1.29, 1.82) is 0 Å². The predicted octanol–water partition coefficient (Wildman–Crippen LogP) is 2.81. The minimum atomic E-state index is -0.215. The number of nitrogens with zero attached hydrogens (tertiary/aromatic N) is 3. The smallest absolute Gasteiger partial charge is 0.315 e. The molecule has 4 rings (SSSR count). The number of nitrogens with one attached hydrogen (secondary N) is 2. The number of rotatable bonds is 6. The molecule has 2 fully saturated rings. The summed E-state index contributed by atoms with van der Waals surface area (Å²) in [6.45, 7) is 3.80. The van der Waals surface area contributed by atoms with Gasteiger partial charge in [-0.3, -0.25) is 4.79 Å². The number of pyridine rings is 1. The Morgan fingerprint density at radius 1 is 0.897 bits per heavy atom. The van der Waals surface area contributed by atoms with Crippen LogP contribution in [0.2, 0.25) is 0 Å². The molecule has 2 aromatic rings. The van der Waals surface area contributed by atoms with Crippen LogP contribution in [0, 0.1) is 0 Å². The first kappa shape index (κ1) is 19.2. The van der Waals surface area contributed by atoms with Crippen LogP contribution in [-0.2, 0) is 17.9 Å². The molecule has 2 aliphatic heterocycles. The van der Waals surface area contributed by atoms with Crippen molar-refractivity contribution in [3.05, 3.63) is 53.7 Å². The van der Waals surface area contributed by atoms with Gasteiger partial charge in [0.1, 0.15) is 5.82 Å². The van der Waals surface area contributed by atoms with E-state index in [0.29, 0.717) is 19.5 Å². The van der Waals surface area contributed by atoms with Crippen LogP contribution in [0.5, 0.6) is 0 Å². The SMILES string of the molecule is O=C(NCc1ccc(N2CCCC2=O)cc1)NCc1ccc(N2CCCC2)nc1. The molecule has 7 heteroatoms. The van der Waals surface area contributed by atoms with E-state index in [1.165, 1.54) is 12.8 Å². The molecule has 0 unspecified atom stereocenters. The molecule has 3 amide bonds. The van der Waals surface area contributed by atoms with Crippen LogP contribution in [0.25, 0.3) is 0 Å². The average molecular weight is 393 g/mol. The zero-order valence-electron chi connectivity index (χ0n) is 16.6. The third kappa shape index (κ3) is 4.85. The molecular formula is C22H27N5O2. The lowest BCUT2D eigenvalue weighted by Crippen LogP contribution is -2.34. The molecule has 0 spiro atoms. The van der Waals surface area contributed by atoms with Crippen LogP contribution >= 0.6 is 0 Å². The number of hydrogen-bond donors (Lipinski definition) is 2. The molecule has 1 aromatic heterocycles. The molecule has 2 saturated heterocycles. The Morgan fingerprint density at radius 3 is 2.21 bits per heavy atom. The number of aromatic nitrogens is 1. The van der Waals surface area contributed by atoms with Crippen molar-refractivity contribution in [2.75, 3.05) is 29.4 Å². The molecule has 0 saturated carbocycles. The van der Waals surface area contributed by atoms with Crippen molar-refractivity contribution >= 4 is 23.4 Å². The maximum absolute atomic E-state index is 12.1. The number of carbonyl (C=O) groups is 2. The molecule has 0 radical (unpaired) electrons. The summed E-state index contributed by atoms with van der Waals surface area (Å²) in [5.74, 6) is 1.19. The second kappa shape index (κ2) is 8.94. The number of anilines is 2. The van der Waals surface area contributed by atoms with E-state index in [1.54, 1.807) is 0 Å². The molecule has 2 N–H and O–H groups in total. The summed E-state index contributed by atoms with van der Waals surface area (Å²) in [4.78, 5) is 32.5. The fourth-order valence-corrected chi connectivity index (χ4v) is 3.80. The Bertz CT molecular complexity index is 845. The van der Waals surface area contributed by atoms with Gasteiger partial charge in [-0.05, 0) is 48.6 Å². The molecule has 29 heavy (non-hydrogen) atoms. The van der Waals surface area contributed by atoms with E-state index in [9.17, 15) is 9.59 Å². The van der Waals surface area contributed by atoms with Gasteiger partial charge in [-0.25, -0.2) is 9.78 Å². The predicted molar refractivity (Wildman–Crippen MR) is 113 cm³/mol. The zero-order valence-corrected chi connectivity index (χ0v) is 16.6. The van der Waals surface area contributed by atoms with Gasteiger partial charge in [0.05, 0.1) is 0 Å². The molecule has 1 aromatic carbocycles. The van der Waals surface area contributed by atoms with Gasteiger partial charge in [0, 0.05) is 51.0 Å². The highest BCUT2D eigenvalue weighted by Crippen LogP contribution is 2.21. The van der Waals surface area contributed by atoms with E-state index in [-0.39, 0.29) is 11.9 Å². The number of amides is 3. The largest absolute Gasteiger partial charge is 0.357 e. The van der Waals surface area contributed by atoms with Crippen LogP contribution < -0.4 is 20.4 Å². The summed E-state index contributed by atoms with van der Waals surface area (Å²) in [6, 6.07) is 11.6. The second-order valence-corrected chi connectivity index (χ2v) is 7.57. The zero-order chi connectivity index (χ0) is 20.1. The van der Waals surface area contributed by atoms with Gasteiger partial charge in [-0.15, -0.1) is 0 Å². The summed E-state index contributed by atoms with van der Waals surface area (Å²) in [5, 5.41) is 5.73. The van der Waals surface area contributed by atoms with E-state index in [4.69, 9.17) is 0 Å². The molecule has 2 aliphatic rings. The minimum Gasteiger partial charge on any atom is -0.357 e. The molecule has 0 atom stereocenters. The van der Waals surface area contributed by atoms with Gasteiger partial charge >= 0.3 is 6.03 Å². The van der Waals surface area contributed by atoms with Crippen molar-refractivity contribution in [2.45, 2.75) is 38.8 Å². The Labute approximate surface area is 171 Å². The highest BCUT2D eigenvalue weighted by atomic mass is 16.2.